The van der Waals surface area contributed by atoms with Gasteiger partial charge in [0, 0.05) is 13.1 Å². The van der Waals surface area contributed by atoms with Crippen LogP contribution in [0.5, 0.6) is 0 Å². The van der Waals surface area contributed by atoms with E-state index < -0.39 is 36.5 Å². The van der Waals surface area contributed by atoms with Crippen molar-refractivity contribution >= 4 is 17.9 Å². The van der Waals surface area contributed by atoms with Crippen LogP contribution in [-0.2, 0) is 9.59 Å². The molecule has 3 amide bonds. The molecule has 1 rings (SSSR count). The van der Waals surface area contributed by atoms with Crippen molar-refractivity contribution in [1.29, 1.82) is 0 Å². The smallest absolute Gasteiger partial charge is 0.326 e. The Kier molecular flexibility index (Phi) is 4.90. The van der Waals surface area contributed by atoms with E-state index in [2.05, 4.69) is 5.32 Å². The molecule has 1 aliphatic heterocycles. The Hall–Kier alpha value is -1.83. The molecule has 0 radical (unpaired) electrons. The number of piperidine rings is 1. The minimum atomic E-state index is -1.32. The van der Waals surface area contributed by atoms with Crippen molar-refractivity contribution in [2.45, 2.75) is 31.4 Å². The van der Waals surface area contributed by atoms with Gasteiger partial charge in [-0.05, 0) is 12.8 Å². The lowest BCUT2D eigenvalue weighted by Gasteiger charge is -2.30. The Morgan fingerprint density at radius 2 is 1.89 bits per heavy atom. The zero-order valence-electron chi connectivity index (χ0n) is 9.83. The molecule has 8 heteroatoms. The van der Waals surface area contributed by atoms with Crippen LogP contribution in [0.15, 0.2) is 0 Å². The van der Waals surface area contributed by atoms with Gasteiger partial charge < -0.3 is 26.2 Å². The number of aliphatic carboxylic acids is 1. The minimum absolute atomic E-state index is 0.357. The van der Waals surface area contributed by atoms with Crippen LogP contribution in [0.2, 0.25) is 0 Å². The highest BCUT2D eigenvalue weighted by Crippen LogP contribution is 2.10. The summed E-state index contributed by atoms with van der Waals surface area (Å²) in [6.45, 7) is 0.714. The number of carbonyl (C=O) groups is 3. The molecule has 0 aromatic carbocycles. The van der Waals surface area contributed by atoms with E-state index in [1.165, 1.54) is 4.90 Å². The van der Waals surface area contributed by atoms with E-state index in [0.717, 1.165) is 0 Å². The molecule has 0 aliphatic carbocycles. The SMILES string of the molecule is NC(=O)C[C@H](NC(=O)N1CCC(O)CC1)C(=O)O. The van der Waals surface area contributed by atoms with Crippen molar-refractivity contribution < 1.29 is 24.6 Å². The number of nitrogens with one attached hydrogen (secondary N) is 1. The molecule has 102 valence electrons. The third-order valence-corrected chi connectivity index (χ3v) is 2.75. The van der Waals surface area contributed by atoms with Gasteiger partial charge in [-0.2, -0.15) is 0 Å². The van der Waals surface area contributed by atoms with Crippen molar-refractivity contribution in [3.8, 4) is 0 Å². The maximum absolute atomic E-state index is 11.7. The third kappa shape index (κ3) is 4.21. The Morgan fingerprint density at radius 3 is 2.33 bits per heavy atom. The predicted octanol–water partition coefficient (Wildman–Crippen LogP) is -1.52. The van der Waals surface area contributed by atoms with E-state index in [4.69, 9.17) is 10.8 Å². The molecule has 8 nitrogen and oxygen atoms in total. The summed E-state index contributed by atoms with van der Waals surface area (Å²) in [6.07, 6.45) is 0.0504. The second kappa shape index (κ2) is 6.20. The summed E-state index contributed by atoms with van der Waals surface area (Å²) < 4.78 is 0. The fourth-order valence-electron chi connectivity index (χ4n) is 1.71. The standard InChI is InChI=1S/C10H17N3O5/c11-8(15)5-7(9(16)17)12-10(18)13-3-1-6(14)2-4-13/h6-7,14H,1-5H2,(H2,11,15)(H,12,18)(H,16,17)/t7-/m0/s1. The van der Waals surface area contributed by atoms with Gasteiger partial charge in [0.1, 0.15) is 6.04 Å². The maximum atomic E-state index is 11.7. The van der Waals surface area contributed by atoms with Crippen molar-refractivity contribution in [3.63, 3.8) is 0 Å². The predicted molar refractivity (Wildman–Crippen MR) is 60.6 cm³/mol. The molecule has 0 unspecified atom stereocenters. The Labute approximate surface area is 104 Å². The van der Waals surface area contributed by atoms with Crippen LogP contribution in [0.1, 0.15) is 19.3 Å². The molecule has 1 atom stereocenters. The van der Waals surface area contributed by atoms with Crippen LogP contribution in [0, 0.1) is 0 Å². The fourth-order valence-corrected chi connectivity index (χ4v) is 1.71. The number of rotatable bonds is 4. The molecule has 1 fully saturated rings. The number of carboxylic acid groups (broad SMARTS) is 1. The molecule has 5 N–H and O–H groups in total. The number of aliphatic hydroxyl groups is 1. The first-order valence-corrected chi connectivity index (χ1v) is 5.64. The lowest BCUT2D eigenvalue weighted by molar-refractivity contribution is -0.141. The van der Waals surface area contributed by atoms with Crippen molar-refractivity contribution in [2.75, 3.05) is 13.1 Å². The zero-order chi connectivity index (χ0) is 13.7. The minimum Gasteiger partial charge on any atom is -0.480 e. The molecule has 1 aliphatic rings. The molecular weight excluding hydrogens is 242 g/mol. The van der Waals surface area contributed by atoms with Gasteiger partial charge in [0.05, 0.1) is 12.5 Å². The highest BCUT2D eigenvalue weighted by molar-refractivity contribution is 5.87. The van der Waals surface area contributed by atoms with Gasteiger partial charge in [0.2, 0.25) is 5.91 Å². The summed E-state index contributed by atoms with van der Waals surface area (Å²) in [5, 5.41) is 20.4. The highest BCUT2D eigenvalue weighted by atomic mass is 16.4. The average molecular weight is 259 g/mol. The molecule has 0 bridgehead atoms. The van der Waals surface area contributed by atoms with Gasteiger partial charge in [0.15, 0.2) is 0 Å². The van der Waals surface area contributed by atoms with E-state index in [-0.39, 0.29) is 0 Å². The third-order valence-electron chi connectivity index (χ3n) is 2.75. The lowest BCUT2D eigenvalue weighted by atomic mass is 10.1. The summed E-state index contributed by atoms with van der Waals surface area (Å²) in [7, 11) is 0. The molecule has 1 heterocycles. The summed E-state index contributed by atoms with van der Waals surface area (Å²) in [5.74, 6) is -2.10. The van der Waals surface area contributed by atoms with E-state index in [1.54, 1.807) is 0 Å². The second-order valence-corrected chi connectivity index (χ2v) is 4.23. The number of hydrogen-bond acceptors (Lipinski definition) is 4. The monoisotopic (exact) mass is 259 g/mol. The molecule has 0 spiro atoms. The number of primary amides is 1. The summed E-state index contributed by atoms with van der Waals surface area (Å²) in [5.41, 5.74) is 4.90. The van der Waals surface area contributed by atoms with Gasteiger partial charge in [-0.15, -0.1) is 0 Å². The lowest BCUT2D eigenvalue weighted by Crippen LogP contribution is -2.51. The van der Waals surface area contributed by atoms with Crippen molar-refractivity contribution in [2.24, 2.45) is 5.73 Å². The number of amides is 3. The summed E-state index contributed by atoms with van der Waals surface area (Å²) >= 11 is 0. The van der Waals surface area contributed by atoms with Crippen LogP contribution in [-0.4, -0.2) is 58.3 Å². The average Bonchev–Trinajstić information content (AvgIpc) is 2.28. The quantitative estimate of drug-likeness (QED) is 0.486. The maximum Gasteiger partial charge on any atom is 0.326 e. The van der Waals surface area contributed by atoms with Gasteiger partial charge in [0.25, 0.3) is 0 Å². The first-order chi connectivity index (χ1) is 8.40. The summed E-state index contributed by atoms with van der Waals surface area (Å²) in [4.78, 5) is 34.6. The Balaban J connectivity index is 2.50. The van der Waals surface area contributed by atoms with Crippen LogP contribution in [0.25, 0.3) is 0 Å². The Morgan fingerprint density at radius 1 is 1.33 bits per heavy atom. The van der Waals surface area contributed by atoms with Crippen molar-refractivity contribution in [3.05, 3.63) is 0 Å². The zero-order valence-corrected chi connectivity index (χ0v) is 9.83. The van der Waals surface area contributed by atoms with Crippen LogP contribution < -0.4 is 11.1 Å². The molecule has 1 saturated heterocycles. The number of hydrogen-bond donors (Lipinski definition) is 4. The first-order valence-electron chi connectivity index (χ1n) is 5.64. The molecule has 18 heavy (non-hydrogen) atoms. The number of aliphatic hydroxyl groups excluding tert-OH is 1. The van der Waals surface area contributed by atoms with Gasteiger partial charge in [-0.25, -0.2) is 9.59 Å². The Bertz CT molecular complexity index is 338. The highest BCUT2D eigenvalue weighted by Gasteiger charge is 2.26. The molecular formula is C10H17N3O5. The normalized spacial score (nSPS) is 18.2. The van der Waals surface area contributed by atoms with E-state index in [1.807, 2.05) is 0 Å². The fraction of sp³-hybridized carbons (Fsp3) is 0.700. The van der Waals surface area contributed by atoms with E-state index in [9.17, 15) is 19.5 Å². The molecule has 0 saturated carbocycles. The number of nitrogens with two attached hydrogens (primary N) is 1. The van der Waals surface area contributed by atoms with Crippen LogP contribution >= 0.6 is 0 Å². The van der Waals surface area contributed by atoms with Crippen molar-refractivity contribution in [1.82, 2.24) is 10.2 Å². The number of likely N-dealkylation sites (tertiary alicyclic amines) is 1. The number of carbonyl (C=O) groups excluding carboxylic acids is 2. The second-order valence-electron chi connectivity index (χ2n) is 4.23. The van der Waals surface area contributed by atoms with Crippen LogP contribution in [0.3, 0.4) is 0 Å². The largest absolute Gasteiger partial charge is 0.480 e. The van der Waals surface area contributed by atoms with Gasteiger partial charge in [-0.1, -0.05) is 0 Å². The van der Waals surface area contributed by atoms with Crippen LogP contribution in [0.4, 0.5) is 4.79 Å². The van der Waals surface area contributed by atoms with Gasteiger partial charge >= 0.3 is 12.0 Å². The first kappa shape index (κ1) is 14.2. The molecule has 0 aromatic heterocycles. The van der Waals surface area contributed by atoms with Gasteiger partial charge in [-0.3, -0.25) is 4.79 Å². The summed E-state index contributed by atoms with van der Waals surface area (Å²) in [6, 6.07) is -1.88. The number of carboxylic acids is 1. The molecule has 0 aromatic rings. The topological polar surface area (TPSA) is 133 Å². The number of nitrogens with zero attached hydrogens (tertiary/aromatic N) is 1. The van der Waals surface area contributed by atoms with E-state index >= 15 is 0 Å². The number of urea groups is 1. The van der Waals surface area contributed by atoms with E-state index in [0.29, 0.717) is 25.9 Å².